The molecule has 0 aromatic carbocycles. The molecule has 1 saturated heterocycles. The zero-order valence-corrected chi connectivity index (χ0v) is 12.3. The van der Waals surface area contributed by atoms with Crippen molar-refractivity contribution >= 4 is 5.91 Å². The molecule has 2 fully saturated rings. The molecule has 0 spiro atoms. The van der Waals surface area contributed by atoms with Crippen molar-refractivity contribution < 1.29 is 9.53 Å². The van der Waals surface area contributed by atoms with Crippen molar-refractivity contribution in [2.45, 2.75) is 57.6 Å². The predicted octanol–water partition coefficient (Wildman–Crippen LogP) is 1.78. The molecule has 2 aliphatic rings. The molecule has 1 saturated carbocycles. The molecule has 1 amide bonds. The van der Waals surface area contributed by atoms with Gasteiger partial charge in [0.1, 0.15) is 0 Å². The minimum absolute atomic E-state index is 0.178. The van der Waals surface area contributed by atoms with Gasteiger partial charge in [-0.05, 0) is 45.1 Å². The first-order valence-electron chi connectivity index (χ1n) is 7.71. The van der Waals surface area contributed by atoms with Gasteiger partial charge >= 0.3 is 0 Å². The van der Waals surface area contributed by atoms with Crippen LogP contribution in [0.15, 0.2) is 0 Å². The van der Waals surface area contributed by atoms with Crippen LogP contribution in [0.5, 0.6) is 0 Å². The van der Waals surface area contributed by atoms with E-state index in [0.717, 1.165) is 38.8 Å². The van der Waals surface area contributed by atoms with Gasteiger partial charge in [0, 0.05) is 19.6 Å². The minimum atomic E-state index is 0.178. The Balaban J connectivity index is 1.91. The second-order valence-electron chi connectivity index (χ2n) is 6.19. The predicted molar refractivity (Wildman–Crippen MR) is 75.7 cm³/mol. The van der Waals surface area contributed by atoms with Gasteiger partial charge in [-0.2, -0.15) is 0 Å². The summed E-state index contributed by atoms with van der Waals surface area (Å²) < 4.78 is 5.57. The average Bonchev–Trinajstić information content (AvgIpc) is 2.84. The van der Waals surface area contributed by atoms with E-state index in [4.69, 9.17) is 10.5 Å². The summed E-state index contributed by atoms with van der Waals surface area (Å²) in [5.41, 5.74) is 5.65. The molecule has 1 aliphatic heterocycles. The molecule has 0 radical (unpaired) electrons. The number of hydrogen-bond donors (Lipinski definition) is 1. The van der Waals surface area contributed by atoms with Gasteiger partial charge in [0.05, 0.1) is 12.1 Å². The number of likely N-dealkylation sites (N-methyl/N-ethyl adjacent to an activating group) is 1. The van der Waals surface area contributed by atoms with E-state index >= 15 is 0 Å². The first kappa shape index (κ1) is 14.8. The van der Waals surface area contributed by atoms with Gasteiger partial charge < -0.3 is 15.4 Å². The number of rotatable bonds is 4. The summed E-state index contributed by atoms with van der Waals surface area (Å²) in [6.45, 7) is 3.60. The number of amides is 1. The Morgan fingerprint density at radius 3 is 2.79 bits per heavy atom. The van der Waals surface area contributed by atoms with Crippen molar-refractivity contribution in [2.75, 3.05) is 20.2 Å². The Morgan fingerprint density at radius 2 is 2.16 bits per heavy atom. The summed E-state index contributed by atoms with van der Waals surface area (Å²) in [6, 6.07) is 0.266. The van der Waals surface area contributed by atoms with Crippen molar-refractivity contribution in [3.63, 3.8) is 0 Å². The number of nitrogens with zero attached hydrogens (tertiary/aromatic N) is 1. The Hall–Kier alpha value is -0.610. The molecule has 1 aliphatic carbocycles. The second kappa shape index (κ2) is 6.71. The van der Waals surface area contributed by atoms with Crippen LogP contribution in [-0.4, -0.2) is 43.2 Å². The van der Waals surface area contributed by atoms with Gasteiger partial charge in [-0.1, -0.05) is 12.8 Å². The molecule has 0 aromatic rings. The Labute approximate surface area is 116 Å². The summed E-state index contributed by atoms with van der Waals surface area (Å²) in [6.07, 6.45) is 6.71. The van der Waals surface area contributed by atoms with Crippen LogP contribution in [0.25, 0.3) is 0 Å². The molecule has 110 valence electrons. The van der Waals surface area contributed by atoms with Gasteiger partial charge in [0.2, 0.25) is 5.91 Å². The summed E-state index contributed by atoms with van der Waals surface area (Å²) >= 11 is 0. The average molecular weight is 268 g/mol. The van der Waals surface area contributed by atoms with Gasteiger partial charge in [-0.15, -0.1) is 0 Å². The van der Waals surface area contributed by atoms with Gasteiger partial charge in [-0.3, -0.25) is 4.79 Å². The molecular formula is C15H28N2O2. The van der Waals surface area contributed by atoms with Gasteiger partial charge in [0.15, 0.2) is 0 Å². The maximum Gasteiger partial charge on any atom is 0.225 e. The lowest BCUT2D eigenvalue weighted by molar-refractivity contribution is -0.138. The smallest absolute Gasteiger partial charge is 0.225 e. The summed E-state index contributed by atoms with van der Waals surface area (Å²) in [5, 5.41) is 0. The van der Waals surface area contributed by atoms with Crippen LogP contribution in [0.2, 0.25) is 0 Å². The molecule has 4 unspecified atom stereocenters. The van der Waals surface area contributed by atoms with Crippen molar-refractivity contribution in [3.8, 4) is 0 Å². The number of carbonyl (C=O) groups is 1. The van der Waals surface area contributed by atoms with E-state index < -0.39 is 0 Å². The van der Waals surface area contributed by atoms with Crippen LogP contribution < -0.4 is 5.73 Å². The third-order valence-corrected chi connectivity index (χ3v) is 4.89. The summed E-state index contributed by atoms with van der Waals surface area (Å²) in [5.74, 6) is 1.19. The fourth-order valence-electron chi connectivity index (χ4n) is 3.69. The van der Waals surface area contributed by atoms with Crippen molar-refractivity contribution in [2.24, 2.45) is 17.6 Å². The van der Waals surface area contributed by atoms with E-state index in [1.807, 2.05) is 11.9 Å². The topological polar surface area (TPSA) is 55.6 Å². The molecule has 4 nitrogen and oxygen atoms in total. The highest BCUT2D eigenvalue weighted by molar-refractivity contribution is 5.79. The van der Waals surface area contributed by atoms with Crippen molar-refractivity contribution in [1.29, 1.82) is 0 Å². The molecule has 1 heterocycles. The molecule has 2 rings (SSSR count). The van der Waals surface area contributed by atoms with Crippen molar-refractivity contribution in [3.05, 3.63) is 0 Å². The van der Waals surface area contributed by atoms with Crippen molar-refractivity contribution in [1.82, 2.24) is 4.90 Å². The third-order valence-electron chi connectivity index (χ3n) is 4.89. The fraction of sp³-hybridized carbons (Fsp3) is 0.933. The zero-order chi connectivity index (χ0) is 13.8. The van der Waals surface area contributed by atoms with E-state index in [0.29, 0.717) is 11.8 Å². The van der Waals surface area contributed by atoms with Crippen LogP contribution in [0, 0.1) is 11.8 Å². The van der Waals surface area contributed by atoms with Crippen LogP contribution in [-0.2, 0) is 9.53 Å². The number of nitrogens with two attached hydrogens (primary N) is 1. The zero-order valence-electron chi connectivity index (χ0n) is 12.3. The van der Waals surface area contributed by atoms with Crippen LogP contribution in [0.1, 0.15) is 45.4 Å². The number of ether oxygens (including phenoxy) is 1. The molecule has 0 aromatic heterocycles. The molecule has 4 heteroatoms. The second-order valence-corrected chi connectivity index (χ2v) is 6.19. The summed E-state index contributed by atoms with van der Waals surface area (Å²) in [4.78, 5) is 14.6. The van der Waals surface area contributed by atoms with E-state index in [-0.39, 0.29) is 18.1 Å². The first-order chi connectivity index (χ1) is 9.13. The summed E-state index contributed by atoms with van der Waals surface area (Å²) in [7, 11) is 1.95. The lowest BCUT2D eigenvalue weighted by Crippen LogP contribution is -2.44. The highest BCUT2D eigenvalue weighted by Gasteiger charge is 2.35. The highest BCUT2D eigenvalue weighted by atomic mass is 16.5. The van der Waals surface area contributed by atoms with E-state index in [2.05, 4.69) is 6.92 Å². The van der Waals surface area contributed by atoms with Gasteiger partial charge in [-0.25, -0.2) is 0 Å². The monoisotopic (exact) mass is 268 g/mol. The number of hydrogen-bond acceptors (Lipinski definition) is 3. The molecular weight excluding hydrogens is 240 g/mol. The highest BCUT2D eigenvalue weighted by Crippen LogP contribution is 2.33. The number of carbonyl (C=O) groups excluding carboxylic acids is 1. The Kier molecular flexibility index (Phi) is 5.22. The molecule has 2 N–H and O–H groups in total. The lowest BCUT2D eigenvalue weighted by atomic mass is 9.79. The maximum atomic E-state index is 12.6. The normalized spacial score (nSPS) is 35.3. The molecule has 19 heavy (non-hydrogen) atoms. The van der Waals surface area contributed by atoms with Crippen LogP contribution >= 0.6 is 0 Å². The first-order valence-corrected chi connectivity index (χ1v) is 7.71. The van der Waals surface area contributed by atoms with Crippen LogP contribution in [0.4, 0.5) is 0 Å². The SMILES string of the molecule is CC1OCCC1N(C)C(=O)C1CCCC(CCN)C1. The minimum Gasteiger partial charge on any atom is -0.376 e. The van der Waals surface area contributed by atoms with E-state index in [1.54, 1.807) is 0 Å². The lowest BCUT2D eigenvalue weighted by Gasteiger charge is -2.34. The molecule has 0 bridgehead atoms. The third kappa shape index (κ3) is 3.48. The quantitative estimate of drug-likeness (QED) is 0.845. The van der Waals surface area contributed by atoms with E-state index in [1.165, 1.54) is 12.8 Å². The largest absolute Gasteiger partial charge is 0.376 e. The molecule has 4 atom stereocenters. The maximum absolute atomic E-state index is 12.6. The standard InChI is InChI=1S/C15H28N2O2/c1-11-14(7-9-19-11)17(2)15(18)13-5-3-4-12(10-13)6-8-16/h11-14H,3-10,16H2,1-2H3. The Morgan fingerprint density at radius 1 is 1.37 bits per heavy atom. The van der Waals surface area contributed by atoms with E-state index in [9.17, 15) is 4.79 Å². The van der Waals surface area contributed by atoms with Gasteiger partial charge in [0.25, 0.3) is 0 Å². The Bertz CT molecular complexity index is 307. The fourth-order valence-corrected chi connectivity index (χ4v) is 3.69. The van der Waals surface area contributed by atoms with Crippen LogP contribution in [0.3, 0.4) is 0 Å².